The molecule has 0 bridgehead atoms. The van der Waals surface area contributed by atoms with Gasteiger partial charge in [0, 0.05) is 6.72 Å². The van der Waals surface area contributed by atoms with E-state index < -0.39 is 0 Å². The Morgan fingerprint density at radius 1 is 1.58 bits per heavy atom. The predicted molar refractivity (Wildman–Crippen MR) is 51.0 cm³/mol. The Balaban J connectivity index is 0.000000561. The molecule has 0 aromatic carbocycles. The highest BCUT2D eigenvalue weighted by atomic mass is 15.4. The molecule has 0 fully saturated rings. The van der Waals surface area contributed by atoms with Crippen molar-refractivity contribution in [1.29, 1.82) is 0 Å². The van der Waals surface area contributed by atoms with Gasteiger partial charge in [0.05, 0.1) is 0 Å². The molecule has 0 aliphatic heterocycles. The number of allylic oxidation sites excluding steroid dienone is 1. The molecular weight excluding hydrogens is 152 g/mol. The van der Waals surface area contributed by atoms with Crippen molar-refractivity contribution in [2.45, 2.75) is 20.8 Å². The summed E-state index contributed by atoms with van der Waals surface area (Å²) in [5.74, 6) is 0.692. The molecule has 4 heteroatoms. The molecule has 12 heavy (non-hydrogen) atoms. The third kappa shape index (κ3) is 2.65. The van der Waals surface area contributed by atoms with Crippen molar-refractivity contribution in [3.8, 4) is 0 Å². The topological polar surface area (TPSA) is 43.1 Å². The second-order valence-corrected chi connectivity index (χ2v) is 1.68. The second-order valence-electron chi connectivity index (χ2n) is 1.68. The molecule has 0 N–H and O–H groups in total. The maximum Gasteiger partial charge on any atom is 0.177 e. The summed E-state index contributed by atoms with van der Waals surface area (Å²) in [6.45, 7) is 9.25. The zero-order chi connectivity index (χ0) is 9.40. The van der Waals surface area contributed by atoms with Crippen LogP contribution < -0.4 is 0 Å². The highest BCUT2D eigenvalue weighted by Gasteiger charge is 1.93. The van der Waals surface area contributed by atoms with Crippen LogP contribution in [0, 0.1) is 0 Å². The van der Waals surface area contributed by atoms with Crippen molar-refractivity contribution in [2.75, 3.05) is 0 Å². The number of rotatable bonds is 2. The maximum atomic E-state index is 3.77. The van der Waals surface area contributed by atoms with E-state index in [4.69, 9.17) is 0 Å². The van der Waals surface area contributed by atoms with Crippen molar-refractivity contribution < 1.29 is 0 Å². The lowest BCUT2D eigenvalue weighted by Crippen LogP contribution is -1.87. The van der Waals surface area contributed by atoms with Gasteiger partial charge >= 0.3 is 0 Å². The molecule has 1 heterocycles. The van der Waals surface area contributed by atoms with E-state index in [0.717, 1.165) is 0 Å². The SMILES string of the molecule is C=Nn1cnnc1/C=C\C.CC. The highest BCUT2D eigenvalue weighted by Crippen LogP contribution is 1.95. The van der Waals surface area contributed by atoms with Gasteiger partial charge in [-0.2, -0.15) is 5.10 Å². The summed E-state index contributed by atoms with van der Waals surface area (Å²) in [5.41, 5.74) is 0. The van der Waals surface area contributed by atoms with Gasteiger partial charge in [-0.25, -0.2) is 4.68 Å². The van der Waals surface area contributed by atoms with Gasteiger partial charge in [-0.15, -0.1) is 10.2 Å². The molecule has 0 radical (unpaired) electrons. The number of hydrogen-bond donors (Lipinski definition) is 0. The van der Waals surface area contributed by atoms with E-state index in [1.165, 1.54) is 11.0 Å². The summed E-state index contributed by atoms with van der Waals surface area (Å²) in [7, 11) is 0. The number of nitrogens with zero attached hydrogens (tertiary/aromatic N) is 4. The van der Waals surface area contributed by atoms with Crippen LogP contribution in [0.2, 0.25) is 0 Å². The minimum Gasteiger partial charge on any atom is -0.201 e. The molecule has 0 unspecified atom stereocenters. The summed E-state index contributed by atoms with van der Waals surface area (Å²) in [5, 5.41) is 11.0. The van der Waals surface area contributed by atoms with Gasteiger partial charge < -0.3 is 0 Å². The van der Waals surface area contributed by atoms with Crippen molar-refractivity contribution >= 4 is 12.8 Å². The zero-order valence-electron chi connectivity index (χ0n) is 7.73. The lowest BCUT2D eigenvalue weighted by molar-refractivity contribution is 0.869. The van der Waals surface area contributed by atoms with Gasteiger partial charge in [0.15, 0.2) is 5.82 Å². The van der Waals surface area contributed by atoms with Crippen LogP contribution in [-0.4, -0.2) is 21.6 Å². The number of hydrogen-bond acceptors (Lipinski definition) is 3. The van der Waals surface area contributed by atoms with Crippen molar-refractivity contribution in [3.05, 3.63) is 18.2 Å². The van der Waals surface area contributed by atoms with Crippen LogP contribution in [0.5, 0.6) is 0 Å². The molecule has 4 nitrogen and oxygen atoms in total. The molecule has 0 saturated carbocycles. The van der Waals surface area contributed by atoms with Crippen LogP contribution in [0.3, 0.4) is 0 Å². The third-order valence-electron chi connectivity index (χ3n) is 1.02. The molecule has 1 rings (SSSR count). The Morgan fingerprint density at radius 3 is 2.75 bits per heavy atom. The fraction of sp³-hybridized carbons (Fsp3) is 0.375. The average Bonchev–Trinajstić information content (AvgIpc) is 2.56. The predicted octanol–water partition coefficient (Wildman–Crippen LogP) is 1.80. The summed E-state index contributed by atoms with van der Waals surface area (Å²) in [4.78, 5) is 0. The Bertz CT molecular complexity index is 249. The quantitative estimate of drug-likeness (QED) is 0.629. The molecule has 1 aromatic rings. The molecule has 0 amide bonds. The lowest BCUT2D eigenvalue weighted by Gasteiger charge is -1.89. The molecule has 0 saturated heterocycles. The van der Waals surface area contributed by atoms with Gasteiger partial charge in [-0.3, -0.25) is 0 Å². The van der Waals surface area contributed by atoms with Crippen molar-refractivity contribution in [2.24, 2.45) is 5.10 Å². The van der Waals surface area contributed by atoms with E-state index in [0.29, 0.717) is 5.82 Å². The van der Waals surface area contributed by atoms with E-state index in [2.05, 4.69) is 22.0 Å². The summed E-state index contributed by atoms with van der Waals surface area (Å²) >= 11 is 0. The first kappa shape index (κ1) is 10.6. The molecule has 0 aliphatic rings. The smallest absolute Gasteiger partial charge is 0.177 e. The van der Waals surface area contributed by atoms with Gasteiger partial charge in [0.2, 0.25) is 0 Å². The average molecular weight is 166 g/mol. The minimum absolute atomic E-state index is 0.692. The first-order valence-electron chi connectivity index (χ1n) is 3.88. The van der Waals surface area contributed by atoms with Crippen LogP contribution in [0.4, 0.5) is 0 Å². The third-order valence-corrected chi connectivity index (χ3v) is 1.02. The monoisotopic (exact) mass is 166 g/mol. The Kier molecular flexibility index (Phi) is 5.51. The molecular formula is C8H14N4. The van der Waals surface area contributed by atoms with Crippen LogP contribution in [-0.2, 0) is 0 Å². The zero-order valence-corrected chi connectivity index (χ0v) is 7.73. The van der Waals surface area contributed by atoms with E-state index in [-0.39, 0.29) is 0 Å². The molecule has 0 atom stereocenters. The van der Waals surface area contributed by atoms with Crippen molar-refractivity contribution in [1.82, 2.24) is 14.9 Å². The second kappa shape index (κ2) is 6.27. The van der Waals surface area contributed by atoms with Crippen LogP contribution >= 0.6 is 0 Å². The minimum atomic E-state index is 0.692. The fourth-order valence-electron chi connectivity index (χ4n) is 0.607. The molecule has 66 valence electrons. The van der Waals surface area contributed by atoms with Gasteiger partial charge in [0.25, 0.3) is 0 Å². The van der Waals surface area contributed by atoms with Gasteiger partial charge in [-0.05, 0) is 13.0 Å². The van der Waals surface area contributed by atoms with Crippen LogP contribution in [0.1, 0.15) is 26.6 Å². The molecule has 1 aromatic heterocycles. The Hall–Kier alpha value is -1.45. The van der Waals surface area contributed by atoms with E-state index in [1.807, 2.05) is 32.9 Å². The summed E-state index contributed by atoms with van der Waals surface area (Å²) in [6.07, 6.45) is 5.18. The maximum absolute atomic E-state index is 3.77. The van der Waals surface area contributed by atoms with E-state index >= 15 is 0 Å². The van der Waals surface area contributed by atoms with Crippen LogP contribution in [0.15, 0.2) is 17.5 Å². The molecule has 0 spiro atoms. The van der Waals surface area contributed by atoms with Crippen LogP contribution in [0.25, 0.3) is 6.08 Å². The Morgan fingerprint density at radius 2 is 2.25 bits per heavy atom. The summed E-state index contributed by atoms with van der Waals surface area (Å²) in [6, 6.07) is 0. The first-order chi connectivity index (χ1) is 5.88. The molecule has 0 aliphatic carbocycles. The first-order valence-corrected chi connectivity index (χ1v) is 3.88. The van der Waals surface area contributed by atoms with Gasteiger partial charge in [0.1, 0.15) is 6.33 Å². The normalized spacial score (nSPS) is 9.25. The standard InChI is InChI=1S/C6H8N4.C2H6/c1-3-4-6-9-8-5-10(6)7-2;1-2/h3-5H,2H2,1H3;1-2H3/b4-3-;. The van der Waals surface area contributed by atoms with Gasteiger partial charge in [-0.1, -0.05) is 19.9 Å². The van der Waals surface area contributed by atoms with E-state index in [1.54, 1.807) is 0 Å². The summed E-state index contributed by atoms with van der Waals surface area (Å²) < 4.78 is 1.50. The van der Waals surface area contributed by atoms with E-state index in [9.17, 15) is 0 Å². The largest absolute Gasteiger partial charge is 0.201 e. The number of aromatic nitrogens is 3. The van der Waals surface area contributed by atoms with Crippen molar-refractivity contribution in [3.63, 3.8) is 0 Å². The highest BCUT2D eigenvalue weighted by molar-refractivity contribution is 5.39. The lowest BCUT2D eigenvalue weighted by atomic mass is 10.5. The fourth-order valence-corrected chi connectivity index (χ4v) is 0.607. The Labute approximate surface area is 72.6 Å².